The van der Waals surface area contributed by atoms with E-state index < -0.39 is 10.0 Å². The summed E-state index contributed by atoms with van der Waals surface area (Å²) in [4.78, 5) is 15.0. The lowest BCUT2D eigenvalue weighted by molar-refractivity contribution is 0.0749. The zero-order valence-corrected chi connectivity index (χ0v) is 17.9. The van der Waals surface area contributed by atoms with E-state index >= 15 is 0 Å². The normalized spacial score (nSPS) is 16.4. The zero-order chi connectivity index (χ0) is 21.1. The monoisotopic (exact) mass is 430 g/mol. The number of ether oxygens (including phenoxy) is 2. The van der Waals surface area contributed by atoms with Crippen molar-refractivity contribution >= 4 is 15.9 Å². The van der Waals surface area contributed by atoms with Gasteiger partial charge in [-0.05, 0) is 44.0 Å². The fourth-order valence-electron chi connectivity index (χ4n) is 3.84. The molecule has 0 bridgehead atoms. The van der Waals surface area contributed by atoms with E-state index in [2.05, 4.69) is 0 Å². The van der Waals surface area contributed by atoms with Crippen LogP contribution in [0, 0.1) is 0 Å². The predicted octanol–water partition coefficient (Wildman–Crippen LogP) is 2.90. The van der Waals surface area contributed by atoms with Crippen molar-refractivity contribution in [3.63, 3.8) is 0 Å². The predicted molar refractivity (Wildman–Crippen MR) is 112 cm³/mol. The first-order chi connectivity index (χ1) is 14.5. The SMILES string of the molecule is CCN(Cc1cccc2c1OCCO2)C(=O)c1cccc(S(=O)(=O)N2CCCC2)c1. The van der Waals surface area contributed by atoms with Crippen LogP contribution in [0.1, 0.15) is 35.7 Å². The molecule has 7 nitrogen and oxygen atoms in total. The third kappa shape index (κ3) is 4.02. The molecule has 0 aromatic heterocycles. The van der Waals surface area contributed by atoms with Crippen LogP contribution in [0.15, 0.2) is 47.4 Å². The molecule has 30 heavy (non-hydrogen) atoms. The van der Waals surface area contributed by atoms with Gasteiger partial charge in [0, 0.05) is 37.3 Å². The van der Waals surface area contributed by atoms with Crippen molar-refractivity contribution in [1.29, 1.82) is 0 Å². The highest BCUT2D eigenvalue weighted by Crippen LogP contribution is 2.34. The Bertz CT molecular complexity index is 1030. The fourth-order valence-corrected chi connectivity index (χ4v) is 5.40. The molecular formula is C22H26N2O5S. The minimum atomic E-state index is -3.57. The van der Waals surface area contributed by atoms with E-state index in [1.165, 1.54) is 10.4 Å². The number of hydrogen-bond acceptors (Lipinski definition) is 5. The quantitative estimate of drug-likeness (QED) is 0.704. The number of amides is 1. The molecule has 0 radical (unpaired) electrons. The average Bonchev–Trinajstić information content (AvgIpc) is 3.33. The summed E-state index contributed by atoms with van der Waals surface area (Å²) >= 11 is 0. The molecule has 4 rings (SSSR count). The van der Waals surface area contributed by atoms with Gasteiger partial charge in [-0.25, -0.2) is 8.42 Å². The molecular weight excluding hydrogens is 404 g/mol. The van der Waals surface area contributed by atoms with E-state index in [4.69, 9.17) is 9.47 Å². The summed E-state index contributed by atoms with van der Waals surface area (Å²) in [5.41, 5.74) is 1.22. The second-order valence-electron chi connectivity index (χ2n) is 7.40. The van der Waals surface area contributed by atoms with Gasteiger partial charge in [-0.2, -0.15) is 4.31 Å². The molecule has 2 aliphatic heterocycles. The molecule has 2 aromatic carbocycles. The first-order valence-corrected chi connectivity index (χ1v) is 11.7. The van der Waals surface area contributed by atoms with E-state index in [0.29, 0.717) is 56.5 Å². The smallest absolute Gasteiger partial charge is 0.254 e. The van der Waals surface area contributed by atoms with Crippen LogP contribution in [0.3, 0.4) is 0 Å². The number of rotatable bonds is 6. The third-order valence-corrected chi connectivity index (χ3v) is 7.36. The van der Waals surface area contributed by atoms with Gasteiger partial charge in [0.15, 0.2) is 11.5 Å². The summed E-state index contributed by atoms with van der Waals surface area (Å²) in [7, 11) is -3.57. The Morgan fingerprint density at radius 2 is 1.80 bits per heavy atom. The molecule has 1 amide bonds. The maximum Gasteiger partial charge on any atom is 0.254 e. The van der Waals surface area contributed by atoms with Crippen LogP contribution in [-0.4, -0.2) is 56.4 Å². The molecule has 0 aliphatic carbocycles. The summed E-state index contributed by atoms with van der Waals surface area (Å²) in [5, 5.41) is 0. The Kier molecular flexibility index (Phi) is 5.97. The second-order valence-corrected chi connectivity index (χ2v) is 9.34. The Morgan fingerprint density at radius 1 is 1.07 bits per heavy atom. The molecule has 1 fully saturated rings. The molecule has 160 valence electrons. The van der Waals surface area contributed by atoms with Crippen LogP contribution in [0.25, 0.3) is 0 Å². The summed E-state index contributed by atoms with van der Waals surface area (Å²) in [5.74, 6) is 1.13. The van der Waals surface area contributed by atoms with Crippen molar-refractivity contribution in [3.8, 4) is 11.5 Å². The number of hydrogen-bond donors (Lipinski definition) is 0. The maximum absolute atomic E-state index is 13.2. The van der Waals surface area contributed by atoms with Crippen molar-refractivity contribution < 1.29 is 22.7 Å². The van der Waals surface area contributed by atoms with Gasteiger partial charge in [0.25, 0.3) is 5.91 Å². The van der Waals surface area contributed by atoms with Crippen LogP contribution in [0.4, 0.5) is 0 Å². The van der Waals surface area contributed by atoms with Gasteiger partial charge in [0.1, 0.15) is 13.2 Å². The third-order valence-electron chi connectivity index (χ3n) is 5.46. The lowest BCUT2D eigenvalue weighted by atomic mass is 10.1. The number of sulfonamides is 1. The molecule has 2 aliphatic rings. The Morgan fingerprint density at radius 3 is 2.57 bits per heavy atom. The molecule has 0 N–H and O–H groups in total. The topological polar surface area (TPSA) is 76.1 Å². The van der Waals surface area contributed by atoms with Gasteiger partial charge in [-0.3, -0.25) is 4.79 Å². The van der Waals surface area contributed by atoms with Crippen LogP contribution in [0.2, 0.25) is 0 Å². The largest absolute Gasteiger partial charge is 0.486 e. The number of carbonyl (C=O) groups is 1. The van der Waals surface area contributed by atoms with Crippen molar-refractivity contribution in [2.75, 3.05) is 32.8 Å². The van der Waals surface area contributed by atoms with E-state index in [1.54, 1.807) is 23.1 Å². The summed E-state index contributed by atoms with van der Waals surface area (Å²) in [6.45, 7) is 4.77. The Hall–Kier alpha value is -2.58. The van der Waals surface area contributed by atoms with Gasteiger partial charge in [-0.1, -0.05) is 18.2 Å². The van der Waals surface area contributed by atoms with E-state index in [0.717, 1.165) is 18.4 Å². The minimum absolute atomic E-state index is 0.167. The Labute approximate surface area is 177 Å². The van der Waals surface area contributed by atoms with Crippen LogP contribution in [-0.2, 0) is 16.6 Å². The van der Waals surface area contributed by atoms with Crippen LogP contribution >= 0.6 is 0 Å². The summed E-state index contributed by atoms with van der Waals surface area (Å²) in [6.07, 6.45) is 1.74. The second kappa shape index (κ2) is 8.65. The first kappa shape index (κ1) is 20.7. The fraction of sp³-hybridized carbons (Fsp3) is 0.409. The molecule has 8 heteroatoms. The van der Waals surface area contributed by atoms with E-state index in [-0.39, 0.29) is 10.8 Å². The molecule has 0 saturated carbocycles. The lowest BCUT2D eigenvalue weighted by Gasteiger charge is -2.25. The van der Waals surface area contributed by atoms with Gasteiger partial charge in [-0.15, -0.1) is 0 Å². The maximum atomic E-state index is 13.2. The number of nitrogens with zero attached hydrogens (tertiary/aromatic N) is 2. The number of fused-ring (bicyclic) bond motifs is 1. The molecule has 0 atom stereocenters. The standard InChI is InChI=1S/C22H26N2O5S/c1-2-23(16-18-8-6-10-20-21(18)29-14-13-28-20)22(25)17-7-5-9-19(15-17)30(26,27)24-11-3-4-12-24/h5-10,15H,2-4,11-14,16H2,1H3. The van der Waals surface area contributed by atoms with Gasteiger partial charge in [0.2, 0.25) is 10.0 Å². The molecule has 1 saturated heterocycles. The number of para-hydroxylation sites is 1. The first-order valence-electron chi connectivity index (χ1n) is 10.3. The minimum Gasteiger partial charge on any atom is -0.486 e. The highest BCUT2D eigenvalue weighted by atomic mass is 32.2. The van der Waals surface area contributed by atoms with Crippen molar-refractivity contribution in [2.45, 2.75) is 31.2 Å². The Balaban J connectivity index is 1.58. The number of carbonyl (C=O) groups excluding carboxylic acids is 1. The highest BCUT2D eigenvalue weighted by Gasteiger charge is 2.28. The summed E-state index contributed by atoms with van der Waals surface area (Å²) < 4.78 is 38.6. The zero-order valence-electron chi connectivity index (χ0n) is 17.0. The van der Waals surface area contributed by atoms with Crippen molar-refractivity contribution in [3.05, 3.63) is 53.6 Å². The van der Waals surface area contributed by atoms with Crippen molar-refractivity contribution in [2.24, 2.45) is 0 Å². The molecule has 0 unspecified atom stereocenters. The van der Waals surface area contributed by atoms with Crippen LogP contribution < -0.4 is 9.47 Å². The molecule has 0 spiro atoms. The lowest BCUT2D eigenvalue weighted by Crippen LogP contribution is -2.31. The average molecular weight is 431 g/mol. The van der Waals surface area contributed by atoms with E-state index in [9.17, 15) is 13.2 Å². The molecule has 2 aromatic rings. The van der Waals surface area contributed by atoms with E-state index in [1.807, 2.05) is 25.1 Å². The number of benzene rings is 2. The summed E-state index contributed by atoms with van der Waals surface area (Å²) in [6, 6.07) is 12.0. The van der Waals surface area contributed by atoms with Crippen molar-refractivity contribution in [1.82, 2.24) is 9.21 Å². The molecule has 2 heterocycles. The van der Waals surface area contributed by atoms with Gasteiger partial charge in [0.05, 0.1) is 4.90 Å². The van der Waals surface area contributed by atoms with Crippen LogP contribution in [0.5, 0.6) is 11.5 Å². The highest BCUT2D eigenvalue weighted by molar-refractivity contribution is 7.89. The van der Waals surface area contributed by atoms with Gasteiger partial charge < -0.3 is 14.4 Å². The van der Waals surface area contributed by atoms with Gasteiger partial charge >= 0.3 is 0 Å².